The first-order chi connectivity index (χ1) is 13.8. The van der Waals surface area contributed by atoms with Gasteiger partial charge in [-0.1, -0.05) is 39.0 Å². The van der Waals surface area contributed by atoms with Gasteiger partial charge in [-0.05, 0) is 36.8 Å². The molecule has 2 rings (SSSR count). The van der Waals surface area contributed by atoms with Gasteiger partial charge in [-0.25, -0.2) is 8.42 Å². The Bertz CT molecular complexity index is 969. The van der Waals surface area contributed by atoms with Crippen molar-refractivity contribution in [2.45, 2.75) is 32.1 Å². The third kappa shape index (κ3) is 5.42. The zero-order valence-corrected chi connectivity index (χ0v) is 17.8. The highest BCUT2D eigenvalue weighted by atomic mass is 32.2. The molecule has 2 amide bonds. The molecule has 0 fully saturated rings. The molecule has 0 saturated heterocycles. The van der Waals surface area contributed by atoms with E-state index >= 15 is 0 Å². The predicted octanol–water partition coefficient (Wildman–Crippen LogP) is 3.11. The molecule has 0 radical (unpaired) electrons. The van der Waals surface area contributed by atoms with Crippen molar-refractivity contribution in [2.24, 2.45) is 0 Å². The summed E-state index contributed by atoms with van der Waals surface area (Å²) in [6.45, 7) is 6.70. The second-order valence-electron chi connectivity index (χ2n) is 6.37. The summed E-state index contributed by atoms with van der Waals surface area (Å²) in [7, 11) is -3.67. The number of amides is 2. The van der Waals surface area contributed by atoms with Crippen LogP contribution in [0, 0.1) is 0 Å². The van der Waals surface area contributed by atoms with E-state index in [-0.39, 0.29) is 16.4 Å². The van der Waals surface area contributed by atoms with Crippen LogP contribution >= 0.6 is 0 Å². The Morgan fingerprint density at radius 2 is 1.62 bits per heavy atom. The molecular weight excluding hydrogens is 390 g/mol. The van der Waals surface area contributed by atoms with Crippen LogP contribution < -0.4 is 10.6 Å². The van der Waals surface area contributed by atoms with Gasteiger partial charge < -0.3 is 10.6 Å². The van der Waals surface area contributed by atoms with E-state index in [4.69, 9.17) is 0 Å². The minimum absolute atomic E-state index is 0.0582. The Morgan fingerprint density at radius 3 is 2.28 bits per heavy atom. The fraction of sp³-hybridized carbons (Fsp3) is 0.333. The van der Waals surface area contributed by atoms with E-state index in [1.807, 2.05) is 6.92 Å². The van der Waals surface area contributed by atoms with Gasteiger partial charge in [-0.15, -0.1) is 0 Å². The van der Waals surface area contributed by atoms with Crippen LogP contribution in [-0.2, 0) is 10.0 Å². The first-order valence-electron chi connectivity index (χ1n) is 9.63. The third-order valence-corrected chi connectivity index (χ3v) is 6.44. The summed E-state index contributed by atoms with van der Waals surface area (Å²) < 4.78 is 26.8. The lowest BCUT2D eigenvalue weighted by atomic mass is 10.1. The van der Waals surface area contributed by atoms with Crippen molar-refractivity contribution in [1.82, 2.24) is 9.62 Å². The zero-order chi connectivity index (χ0) is 21.4. The Morgan fingerprint density at radius 1 is 0.931 bits per heavy atom. The van der Waals surface area contributed by atoms with E-state index in [0.717, 1.165) is 6.42 Å². The molecule has 0 aliphatic rings. The van der Waals surface area contributed by atoms with E-state index in [2.05, 4.69) is 10.6 Å². The smallest absolute Gasteiger partial charge is 0.255 e. The lowest BCUT2D eigenvalue weighted by Crippen LogP contribution is -2.30. The number of rotatable bonds is 9. The van der Waals surface area contributed by atoms with Crippen molar-refractivity contribution >= 4 is 27.5 Å². The van der Waals surface area contributed by atoms with Crippen molar-refractivity contribution in [3.8, 4) is 0 Å². The van der Waals surface area contributed by atoms with Gasteiger partial charge >= 0.3 is 0 Å². The molecule has 2 N–H and O–H groups in total. The number of nitrogens with zero attached hydrogens (tertiary/aromatic N) is 1. The van der Waals surface area contributed by atoms with Gasteiger partial charge in [0, 0.05) is 25.2 Å². The molecule has 2 aromatic carbocycles. The van der Waals surface area contributed by atoms with E-state index < -0.39 is 15.9 Å². The molecule has 0 aliphatic heterocycles. The highest BCUT2D eigenvalue weighted by Crippen LogP contribution is 2.20. The van der Waals surface area contributed by atoms with Crippen LogP contribution in [0.1, 0.15) is 47.9 Å². The van der Waals surface area contributed by atoms with Crippen LogP contribution in [0.3, 0.4) is 0 Å². The summed E-state index contributed by atoms with van der Waals surface area (Å²) in [6, 6.07) is 12.6. The van der Waals surface area contributed by atoms with E-state index in [9.17, 15) is 18.0 Å². The molecule has 0 aromatic heterocycles. The van der Waals surface area contributed by atoms with Crippen LogP contribution in [0.2, 0.25) is 0 Å². The fourth-order valence-electron chi connectivity index (χ4n) is 2.83. The third-order valence-electron chi connectivity index (χ3n) is 4.39. The van der Waals surface area contributed by atoms with Crippen LogP contribution in [0.15, 0.2) is 53.4 Å². The summed E-state index contributed by atoms with van der Waals surface area (Å²) in [5.74, 6) is -0.766. The second kappa shape index (κ2) is 10.2. The normalized spacial score (nSPS) is 11.3. The highest BCUT2D eigenvalue weighted by molar-refractivity contribution is 7.89. The van der Waals surface area contributed by atoms with Crippen molar-refractivity contribution in [3.05, 3.63) is 59.7 Å². The van der Waals surface area contributed by atoms with Crippen molar-refractivity contribution in [2.75, 3.05) is 25.0 Å². The van der Waals surface area contributed by atoms with Crippen LogP contribution in [0.5, 0.6) is 0 Å². The van der Waals surface area contributed by atoms with Crippen molar-refractivity contribution < 1.29 is 18.0 Å². The Hall–Kier alpha value is -2.71. The largest absolute Gasteiger partial charge is 0.352 e. The van der Waals surface area contributed by atoms with Crippen LogP contribution in [-0.4, -0.2) is 44.2 Å². The maximum Gasteiger partial charge on any atom is 0.255 e. The monoisotopic (exact) mass is 417 g/mol. The Labute approximate surface area is 172 Å². The Balaban J connectivity index is 2.29. The maximum atomic E-state index is 12.7. The van der Waals surface area contributed by atoms with Crippen LogP contribution in [0.4, 0.5) is 5.69 Å². The first kappa shape index (κ1) is 22.6. The van der Waals surface area contributed by atoms with E-state index in [1.165, 1.54) is 28.6 Å². The van der Waals surface area contributed by atoms with Gasteiger partial charge in [-0.3, -0.25) is 9.59 Å². The molecule has 0 atom stereocenters. The maximum absolute atomic E-state index is 12.7. The topological polar surface area (TPSA) is 95.6 Å². The lowest BCUT2D eigenvalue weighted by Gasteiger charge is -2.18. The number of carbonyl (C=O) groups is 2. The molecule has 0 heterocycles. The minimum Gasteiger partial charge on any atom is -0.352 e. The molecule has 7 nitrogen and oxygen atoms in total. The van der Waals surface area contributed by atoms with E-state index in [1.54, 1.807) is 38.1 Å². The molecule has 29 heavy (non-hydrogen) atoms. The summed E-state index contributed by atoms with van der Waals surface area (Å²) in [5.41, 5.74) is 0.909. The molecule has 0 spiro atoms. The summed E-state index contributed by atoms with van der Waals surface area (Å²) >= 11 is 0. The average Bonchev–Trinajstić information content (AvgIpc) is 2.73. The Kier molecular flexibility index (Phi) is 7.92. The standard InChI is InChI=1S/C21H27N3O4S/c1-4-14-22-21(26)18-12-7-8-13-19(18)23-20(25)16-10-9-11-17(15-16)29(27,28)24(5-2)6-3/h7-13,15H,4-6,14H2,1-3H3,(H,22,26)(H,23,25). The van der Waals surface area contributed by atoms with Gasteiger partial charge in [0.25, 0.3) is 11.8 Å². The molecular formula is C21H27N3O4S. The number of benzene rings is 2. The summed E-state index contributed by atoms with van der Waals surface area (Å²) in [6.07, 6.45) is 0.800. The van der Waals surface area contributed by atoms with Crippen molar-refractivity contribution in [1.29, 1.82) is 0 Å². The molecule has 0 saturated carbocycles. The van der Waals surface area contributed by atoms with Crippen LogP contribution in [0.25, 0.3) is 0 Å². The van der Waals surface area contributed by atoms with Gasteiger partial charge in [-0.2, -0.15) is 4.31 Å². The number of sulfonamides is 1. The number of hydrogen-bond donors (Lipinski definition) is 2. The van der Waals surface area contributed by atoms with Gasteiger partial charge in [0.1, 0.15) is 0 Å². The number of hydrogen-bond acceptors (Lipinski definition) is 4. The summed E-state index contributed by atoms with van der Waals surface area (Å²) in [5, 5.41) is 5.49. The summed E-state index contributed by atoms with van der Waals surface area (Å²) in [4.78, 5) is 25.1. The molecule has 0 aliphatic carbocycles. The molecule has 0 bridgehead atoms. The molecule has 2 aromatic rings. The number of nitrogens with one attached hydrogen (secondary N) is 2. The minimum atomic E-state index is -3.67. The fourth-order valence-corrected chi connectivity index (χ4v) is 4.33. The SMILES string of the molecule is CCCNC(=O)c1ccccc1NC(=O)c1cccc(S(=O)(=O)N(CC)CC)c1. The van der Waals surface area contributed by atoms with Crippen molar-refractivity contribution in [3.63, 3.8) is 0 Å². The van der Waals surface area contributed by atoms with Gasteiger partial charge in [0.15, 0.2) is 0 Å². The molecule has 8 heteroatoms. The second-order valence-corrected chi connectivity index (χ2v) is 8.31. The van der Waals surface area contributed by atoms with E-state index in [0.29, 0.717) is 30.9 Å². The number of carbonyl (C=O) groups excluding carboxylic acids is 2. The lowest BCUT2D eigenvalue weighted by molar-refractivity contribution is 0.0954. The molecule has 0 unspecified atom stereocenters. The first-order valence-corrected chi connectivity index (χ1v) is 11.1. The average molecular weight is 418 g/mol. The number of anilines is 1. The zero-order valence-electron chi connectivity index (χ0n) is 16.9. The molecule has 156 valence electrons. The van der Waals surface area contributed by atoms with Gasteiger partial charge in [0.05, 0.1) is 16.1 Å². The highest BCUT2D eigenvalue weighted by Gasteiger charge is 2.23. The number of para-hydroxylation sites is 1. The quantitative estimate of drug-likeness (QED) is 0.655. The van der Waals surface area contributed by atoms with Gasteiger partial charge in [0.2, 0.25) is 10.0 Å². The predicted molar refractivity (Wildman–Crippen MR) is 114 cm³/mol.